The standard InChI is InChI=1S/C47H87N5O12P2S.2Na/c1-4-6-8-10-12-14-16-18-19-20-22-24-26-28-30-32-34-67-39-41(62-45(53)33-31-29-27-25-23-21-17-15-13-11-9-7-5-2)37-60-65(56,57)64-66(58,59)61-38-43-42(50-51-48)35-44(63-43)52-36-40(3)46(54)49-47(52)55;;/h36,41-44H,4-35,37-39H2,1-3H3,(H,56,57)(H,58,59)(H,49,54,55);;/q;2*+1/p-2. The van der Waals surface area contributed by atoms with Gasteiger partial charge < -0.3 is 28.3 Å². The largest absolute Gasteiger partial charge is 1.00 e. The van der Waals surface area contributed by atoms with E-state index in [4.69, 9.17) is 24.1 Å². The maximum Gasteiger partial charge on any atom is 1.00 e. The number of azide groups is 1. The summed E-state index contributed by atoms with van der Waals surface area (Å²) in [4.78, 5) is 67.5. The van der Waals surface area contributed by atoms with E-state index in [0.717, 1.165) is 48.8 Å². The summed E-state index contributed by atoms with van der Waals surface area (Å²) in [6.45, 7) is 4.47. The number of rotatable bonds is 44. The number of carbonyl (C=O) groups is 1. The smallest absolute Gasteiger partial charge is 0.756 e. The summed E-state index contributed by atoms with van der Waals surface area (Å²) in [5.41, 5.74) is 7.86. The Labute approximate surface area is 462 Å². The second kappa shape index (κ2) is 43.3. The molecule has 0 saturated carbocycles. The van der Waals surface area contributed by atoms with Gasteiger partial charge in [0, 0.05) is 35.3 Å². The van der Waals surface area contributed by atoms with E-state index in [2.05, 4.69) is 33.2 Å². The molecule has 2 rings (SSSR count). The third kappa shape index (κ3) is 35.0. The molecule has 0 aromatic carbocycles. The Morgan fingerprint density at radius 1 is 0.783 bits per heavy atom. The Bertz CT molecular complexity index is 1740. The average Bonchev–Trinajstić information content (AvgIpc) is 3.69. The zero-order chi connectivity index (χ0) is 49.0. The van der Waals surface area contributed by atoms with E-state index in [1.807, 2.05) is 0 Å². The Balaban J connectivity index is 0.0000231. The van der Waals surface area contributed by atoms with Gasteiger partial charge in [0.25, 0.3) is 21.2 Å². The number of thioether (sulfide) groups is 1. The van der Waals surface area contributed by atoms with E-state index >= 15 is 0 Å². The molecule has 0 amide bonds. The molecule has 1 aromatic heterocycles. The van der Waals surface area contributed by atoms with Crippen LogP contribution in [0.2, 0.25) is 0 Å². The first kappa shape index (κ1) is 69.0. The van der Waals surface area contributed by atoms with Crippen LogP contribution in [0.25, 0.3) is 10.4 Å². The molecule has 388 valence electrons. The minimum atomic E-state index is -5.60. The van der Waals surface area contributed by atoms with Crippen molar-refractivity contribution in [2.45, 2.75) is 244 Å². The molecule has 0 bridgehead atoms. The van der Waals surface area contributed by atoms with Crippen LogP contribution in [0, 0.1) is 6.92 Å². The van der Waals surface area contributed by atoms with Crippen molar-refractivity contribution in [3.8, 4) is 0 Å². The predicted octanol–water partition coefficient (Wildman–Crippen LogP) is 6.19. The van der Waals surface area contributed by atoms with Crippen molar-refractivity contribution in [1.29, 1.82) is 0 Å². The van der Waals surface area contributed by atoms with Crippen LogP contribution in [0.15, 0.2) is 20.9 Å². The second-order valence-corrected chi connectivity index (χ2v) is 22.3. The number of hydrogen-bond acceptors (Lipinski definition) is 14. The number of nitrogens with zero attached hydrogens (tertiary/aromatic N) is 4. The third-order valence-electron chi connectivity index (χ3n) is 12.1. The quantitative estimate of drug-likeness (QED) is 0.0146. The summed E-state index contributed by atoms with van der Waals surface area (Å²) in [7, 11) is -11.2. The topological polar surface area (TPSA) is 247 Å². The van der Waals surface area contributed by atoms with Crippen LogP contribution < -0.4 is 80.2 Å². The predicted molar refractivity (Wildman–Crippen MR) is 263 cm³/mol. The van der Waals surface area contributed by atoms with E-state index in [0.29, 0.717) is 6.42 Å². The van der Waals surface area contributed by atoms with E-state index in [-0.39, 0.29) is 83.3 Å². The first-order valence-electron chi connectivity index (χ1n) is 25.7. The normalized spacial score (nSPS) is 17.8. The third-order valence-corrected chi connectivity index (χ3v) is 15.8. The second-order valence-electron chi connectivity index (χ2n) is 18.2. The summed E-state index contributed by atoms with van der Waals surface area (Å²) in [5, 5.41) is 3.60. The SMILES string of the molecule is CCCCCCCCCCCCCCCCCCSCC(COP(=O)([O-])OP(=O)([O-])OCC1OC(n2cc(C)c(=O)[nH]c2=O)CC1N=[N+]=[N-])OC(=O)CCCCCCCCCCCCCCC.[Na+].[Na+]. The molecule has 17 nitrogen and oxygen atoms in total. The van der Waals surface area contributed by atoms with Crippen LogP contribution in [0.5, 0.6) is 0 Å². The molecular weight excluding hydrogens is 967 g/mol. The average molecular weight is 1050 g/mol. The number of phosphoric acid groups is 2. The van der Waals surface area contributed by atoms with Crippen molar-refractivity contribution in [1.82, 2.24) is 9.55 Å². The van der Waals surface area contributed by atoms with Gasteiger partial charge in [-0.25, -0.2) is 9.11 Å². The molecule has 1 aromatic rings. The van der Waals surface area contributed by atoms with Gasteiger partial charge in [-0.15, -0.1) is 0 Å². The molecule has 1 aliphatic heterocycles. The molecule has 6 unspecified atom stereocenters. The van der Waals surface area contributed by atoms with Gasteiger partial charge in [-0.05, 0) is 31.0 Å². The Morgan fingerprint density at radius 3 is 1.71 bits per heavy atom. The minimum absolute atomic E-state index is 0. The molecule has 0 radical (unpaired) electrons. The molecule has 1 fully saturated rings. The molecule has 1 aliphatic rings. The first-order valence-corrected chi connectivity index (χ1v) is 29.8. The van der Waals surface area contributed by atoms with E-state index in [1.165, 1.54) is 166 Å². The van der Waals surface area contributed by atoms with Crippen LogP contribution in [-0.4, -0.2) is 58.5 Å². The number of phosphoric ester groups is 2. The van der Waals surface area contributed by atoms with Gasteiger partial charge >= 0.3 is 70.8 Å². The van der Waals surface area contributed by atoms with Crippen molar-refractivity contribution < 1.29 is 106 Å². The van der Waals surface area contributed by atoms with Gasteiger partial charge in [0.05, 0.1) is 25.4 Å². The number of aryl methyl sites for hydroxylation is 1. The number of esters is 1. The number of hydrogen-bond donors (Lipinski definition) is 1. The van der Waals surface area contributed by atoms with Gasteiger partial charge in [-0.3, -0.25) is 28.3 Å². The number of aromatic amines is 1. The first-order chi connectivity index (χ1) is 32.3. The van der Waals surface area contributed by atoms with E-state index < -0.39 is 70.6 Å². The molecule has 69 heavy (non-hydrogen) atoms. The number of ether oxygens (including phenoxy) is 2. The molecule has 22 heteroatoms. The Kier molecular flexibility index (Phi) is 43.3. The number of aromatic nitrogens is 2. The summed E-state index contributed by atoms with van der Waals surface area (Å²) >= 11 is 1.51. The van der Waals surface area contributed by atoms with Crippen LogP contribution in [0.1, 0.15) is 225 Å². The van der Waals surface area contributed by atoms with Gasteiger partial charge in [0.15, 0.2) is 0 Å². The van der Waals surface area contributed by atoms with Gasteiger partial charge in [-0.2, -0.15) is 11.8 Å². The monoisotopic (exact) mass is 1050 g/mol. The summed E-state index contributed by atoms with van der Waals surface area (Å²) in [6, 6.07) is -1.02. The summed E-state index contributed by atoms with van der Waals surface area (Å²) in [6.07, 6.45) is 33.6. The van der Waals surface area contributed by atoms with Crippen LogP contribution in [-0.2, 0) is 36.8 Å². The fourth-order valence-electron chi connectivity index (χ4n) is 8.15. The van der Waals surface area contributed by atoms with E-state index in [9.17, 15) is 33.3 Å². The molecule has 1 N–H and O–H groups in total. The number of H-pyrrole nitrogens is 1. The number of unbranched alkanes of at least 4 members (excludes halogenated alkanes) is 27. The number of carbonyl (C=O) groups excluding carboxylic acids is 1. The minimum Gasteiger partial charge on any atom is -0.756 e. The Hall–Kier alpha value is 0.0300. The molecular formula is C47H85N5Na2O12P2S. The van der Waals surface area contributed by atoms with Gasteiger partial charge in [0.2, 0.25) is 0 Å². The molecule has 0 spiro atoms. The fourth-order valence-corrected chi connectivity index (χ4v) is 11.2. The van der Waals surface area contributed by atoms with Crippen molar-refractivity contribution >= 4 is 33.4 Å². The summed E-state index contributed by atoms with van der Waals surface area (Å²) < 4.78 is 52.1. The molecule has 6 atom stereocenters. The molecule has 2 heterocycles. The maximum atomic E-state index is 12.9. The zero-order valence-corrected chi connectivity index (χ0v) is 49.7. The van der Waals surface area contributed by atoms with E-state index in [1.54, 1.807) is 0 Å². The summed E-state index contributed by atoms with van der Waals surface area (Å²) in [5.74, 6) is 0.536. The van der Waals surface area contributed by atoms with Crippen molar-refractivity contribution in [3.63, 3.8) is 0 Å². The van der Waals surface area contributed by atoms with Crippen molar-refractivity contribution in [2.75, 3.05) is 24.7 Å². The zero-order valence-electron chi connectivity index (χ0n) is 43.1. The number of nitrogens with one attached hydrogen (secondary N) is 1. The Morgan fingerprint density at radius 2 is 1.23 bits per heavy atom. The van der Waals surface area contributed by atoms with Gasteiger partial charge in [0.1, 0.15) is 12.3 Å². The maximum absolute atomic E-state index is 12.9. The van der Waals surface area contributed by atoms with Crippen LogP contribution in [0.4, 0.5) is 0 Å². The fraction of sp³-hybridized carbons (Fsp3) is 0.894. The molecule has 1 saturated heterocycles. The van der Waals surface area contributed by atoms with Crippen molar-refractivity contribution in [2.24, 2.45) is 5.11 Å². The van der Waals surface area contributed by atoms with Crippen LogP contribution in [0.3, 0.4) is 0 Å². The van der Waals surface area contributed by atoms with Crippen molar-refractivity contribution in [3.05, 3.63) is 43.0 Å². The molecule has 0 aliphatic carbocycles. The van der Waals surface area contributed by atoms with Crippen LogP contribution >= 0.6 is 27.4 Å². The van der Waals surface area contributed by atoms with Gasteiger partial charge in [-0.1, -0.05) is 192 Å².